The zero-order valence-electron chi connectivity index (χ0n) is 12.1. The van der Waals surface area contributed by atoms with E-state index in [4.69, 9.17) is 10.9 Å². The van der Waals surface area contributed by atoms with Gasteiger partial charge >= 0.3 is 0 Å². The lowest BCUT2D eigenvalue weighted by Crippen LogP contribution is -2.47. The van der Waals surface area contributed by atoms with Crippen molar-refractivity contribution in [1.82, 2.24) is 4.90 Å². The first kappa shape index (κ1) is 15.9. The Morgan fingerprint density at radius 3 is 2.50 bits per heavy atom. The molecular weight excluding hydrogens is 261 g/mol. The quantitative estimate of drug-likeness (QED) is 0.384. The monoisotopic (exact) mass is 281 g/mol. The van der Waals surface area contributed by atoms with Gasteiger partial charge in [-0.2, -0.15) is 0 Å². The van der Waals surface area contributed by atoms with Crippen molar-refractivity contribution in [1.29, 1.82) is 0 Å². The summed E-state index contributed by atoms with van der Waals surface area (Å²) in [6.45, 7) is 4.82. The van der Waals surface area contributed by atoms with Crippen LogP contribution < -0.4 is 5.73 Å². The summed E-state index contributed by atoms with van der Waals surface area (Å²) >= 11 is 0. The van der Waals surface area contributed by atoms with Gasteiger partial charge in [-0.3, -0.25) is 4.79 Å². The first-order chi connectivity index (χ1) is 9.23. The third kappa shape index (κ3) is 2.89. The van der Waals surface area contributed by atoms with Crippen molar-refractivity contribution < 1.29 is 14.4 Å². The third-order valence-corrected chi connectivity index (χ3v) is 3.54. The average molecular weight is 281 g/mol. The van der Waals surface area contributed by atoms with E-state index in [1.54, 1.807) is 46.0 Å². The smallest absolute Gasteiger partial charge is 0.236 e. The normalized spacial score (nSPS) is 13.9. The van der Waals surface area contributed by atoms with Gasteiger partial charge in [-0.1, -0.05) is 23.4 Å². The maximum Gasteiger partial charge on any atom is 0.236 e. The number of oxime groups is 1. The summed E-state index contributed by atoms with van der Waals surface area (Å²) in [7, 11) is 1.56. The molecule has 1 aromatic rings. The van der Waals surface area contributed by atoms with Crippen LogP contribution in [0.2, 0.25) is 0 Å². The van der Waals surface area contributed by atoms with Gasteiger partial charge in [0.2, 0.25) is 5.91 Å². The molecule has 0 radical (unpaired) electrons. The van der Waals surface area contributed by atoms with Gasteiger partial charge in [0.1, 0.15) is 11.2 Å². The Morgan fingerprint density at radius 1 is 1.45 bits per heavy atom. The summed E-state index contributed by atoms with van der Waals surface area (Å²) in [6.07, 6.45) is 0. The molecule has 0 saturated carbocycles. The summed E-state index contributed by atoms with van der Waals surface area (Å²) in [5.41, 5.74) is 4.79. The lowest BCUT2D eigenvalue weighted by molar-refractivity contribution is -0.137. The molecule has 1 atom stereocenters. The number of amides is 1. The Morgan fingerprint density at radius 2 is 2.00 bits per heavy atom. The standard InChI is InChI=1S/C14H20FN3O2/c1-9(10-7-5-6-8-11(10)15)18(4)13(19)14(2,3)12(16)17-20/h5-9,20H,1-4H3,(H2,16,17). The highest BCUT2D eigenvalue weighted by molar-refractivity contribution is 6.05. The van der Waals surface area contributed by atoms with Crippen molar-refractivity contribution in [2.75, 3.05) is 7.05 Å². The molecule has 0 aliphatic carbocycles. The van der Waals surface area contributed by atoms with Gasteiger partial charge in [0.05, 0.1) is 6.04 Å². The number of amidine groups is 1. The van der Waals surface area contributed by atoms with Crippen molar-refractivity contribution in [3.63, 3.8) is 0 Å². The van der Waals surface area contributed by atoms with Crippen LogP contribution in [0.3, 0.4) is 0 Å². The highest BCUT2D eigenvalue weighted by Gasteiger charge is 2.37. The fourth-order valence-corrected chi connectivity index (χ4v) is 1.87. The van der Waals surface area contributed by atoms with Crippen LogP contribution in [0.15, 0.2) is 29.4 Å². The zero-order valence-corrected chi connectivity index (χ0v) is 12.1. The van der Waals surface area contributed by atoms with E-state index in [0.717, 1.165) is 0 Å². The molecule has 1 aromatic carbocycles. The van der Waals surface area contributed by atoms with E-state index in [1.807, 2.05) is 0 Å². The second kappa shape index (κ2) is 5.90. The minimum absolute atomic E-state index is 0.185. The molecule has 1 amide bonds. The van der Waals surface area contributed by atoms with Crippen LogP contribution in [0.4, 0.5) is 4.39 Å². The van der Waals surface area contributed by atoms with Gasteiger partial charge in [-0.05, 0) is 26.8 Å². The van der Waals surface area contributed by atoms with Crippen molar-refractivity contribution in [2.45, 2.75) is 26.8 Å². The average Bonchev–Trinajstić information content (AvgIpc) is 2.44. The van der Waals surface area contributed by atoms with E-state index in [9.17, 15) is 9.18 Å². The van der Waals surface area contributed by atoms with E-state index in [0.29, 0.717) is 5.56 Å². The summed E-state index contributed by atoms with van der Waals surface area (Å²) in [5, 5.41) is 11.6. The SMILES string of the molecule is CC(c1ccccc1F)N(C)C(=O)C(C)(C)C(N)=NO. The number of nitrogens with two attached hydrogens (primary N) is 1. The second-order valence-electron chi connectivity index (χ2n) is 5.22. The van der Waals surface area contributed by atoms with Gasteiger partial charge in [-0.15, -0.1) is 0 Å². The molecule has 0 saturated heterocycles. The zero-order chi connectivity index (χ0) is 15.5. The first-order valence-corrected chi connectivity index (χ1v) is 6.23. The lowest BCUT2D eigenvalue weighted by Gasteiger charge is -2.32. The Bertz CT molecular complexity index is 529. The van der Waals surface area contributed by atoms with Gasteiger partial charge < -0.3 is 15.8 Å². The molecule has 20 heavy (non-hydrogen) atoms. The molecule has 3 N–H and O–H groups in total. The minimum atomic E-state index is -1.16. The molecule has 0 heterocycles. The fourth-order valence-electron chi connectivity index (χ4n) is 1.87. The van der Waals surface area contributed by atoms with E-state index < -0.39 is 11.5 Å². The fraction of sp³-hybridized carbons (Fsp3) is 0.429. The molecule has 6 heteroatoms. The van der Waals surface area contributed by atoms with Crippen molar-refractivity contribution in [3.8, 4) is 0 Å². The lowest BCUT2D eigenvalue weighted by atomic mass is 9.89. The molecule has 0 aromatic heterocycles. The van der Waals surface area contributed by atoms with Gasteiger partial charge in [-0.25, -0.2) is 4.39 Å². The van der Waals surface area contributed by atoms with Gasteiger partial charge in [0.15, 0.2) is 5.84 Å². The van der Waals surface area contributed by atoms with Crippen LogP contribution in [0, 0.1) is 11.2 Å². The molecule has 110 valence electrons. The molecule has 1 rings (SSSR count). The second-order valence-corrected chi connectivity index (χ2v) is 5.22. The Labute approximate surface area is 117 Å². The van der Waals surface area contributed by atoms with Gasteiger partial charge in [0.25, 0.3) is 0 Å². The van der Waals surface area contributed by atoms with Crippen LogP contribution >= 0.6 is 0 Å². The number of rotatable bonds is 4. The van der Waals surface area contributed by atoms with E-state index >= 15 is 0 Å². The van der Waals surface area contributed by atoms with Crippen molar-refractivity contribution >= 4 is 11.7 Å². The summed E-state index contributed by atoms with van der Waals surface area (Å²) in [6, 6.07) is 5.81. The molecule has 0 bridgehead atoms. The molecule has 0 fully saturated rings. The largest absolute Gasteiger partial charge is 0.409 e. The van der Waals surface area contributed by atoms with E-state index in [1.165, 1.54) is 11.0 Å². The topological polar surface area (TPSA) is 78.9 Å². The molecular formula is C14H20FN3O2. The Kier molecular flexibility index (Phi) is 4.70. The summed E-state index contributed by atoms with van der Waals surface area (Å²) in [4.78, 5) is 13.8. The van der Waals surface area contributed by atoms with Crippen molar-refractivity contribution in [2.24, 2.45) is 16.3 Å². The molecule has 5 nitrogen and oxygen atoms in total. The highest BCUT2D eigenvalue weighted by Crippen LogP contribution is 2.27. The number of halogens is 1. The summed E-state index contributed by atoms with van der Waals surface area (Å²) < 4.78 is 13.8. The first-order valence-electron chi connectivity index (χ1n) is 6.23. The summed E-state index contributed by atoms with van der Waals surface area (Å²) in [5.74, 6) is -0.917. The van der Waals surface area contributed by atoms with Crippen LogP contribution in [-0.2, 0) is 4.79 Å². The predicted molar refractivity (Wildman–Crippen MR) is 74.8 cm³/mol. The maximum absolute atomic E-state index is 13.8. The third-order valence-electron chi connectivity index (χ3n) is 3.54. The highest BCUT2D eigenvalue weighted by atomic mass is 19.1. The van der Waals surface area contributed by atoms with E-state index in [2.05, 4.69) is 5.16 Å². The van der Waals surface area contributed by atoms with E-state index in [-0.39, 0.29) is 17.6 Å². The molecule has 0 aliphatic heterocycles. The van der Waals surface area contributed by atoms with Gasteiger partial charge in [0, 0.05) is 12.6 Å². The molecule has 1 unspecified atom stereocenters. The minimum Gasteiger partial charge on any atom is -0.409 e. The van der Waals surface area contributed by atoms with Crippen LogP contribution in [0.25, 0.3) is 0 Å². The number of hydrogen-bond acceptors (Lipinski definition) is 3. The predicted octanol–water partition coefficient (Wildman–Crippen LogP) is 2.12. The Balaban J connectivity index is 3.04. The van der Waals surface area contributed by atoms with Crippen LogP contribution in [-0.4, -0.2) is 28.9 Å². The molecule has 0 spiro atoms. The number of carbonyl (C=O) groups is 1. The number of hydrogen-bond donors (Lipinski definition) is 2. The number of carbonyl (C=O) groups excluding carboxylic acids is 1. The maximum atomic E-state index is 13.8. The Hall–Kier alpha value is -2.11. The van der Waals surface area contributed by atoms with Crippen LogP contribution in [0.1, 0.15) is 32.4 Å². The molecule has 0 aliphatic rings. The van der Waals surface area contributed by atoms with Crippen molar-refractivity contribution in [3.05, 3.63) is 35.6 Å². The number of nitrogens with zero attached hydrogens (tertiary/aromatic N) is 2. The van der Waals surface area contributed by atoms with Crippen LogP contribution in [0.5, 0.6) is 0 Å². The number of benzene rings is 1.